The minimum Gasteiger partial charge on any atom is -0.215 e. The van der Waals surface area contributed by atoms with Crippen LogP contribution in [0.4, 0.5) is 0 Å². The van der Waals surface area contributed by atoms with E-state index in [-0.39, 0.29) is 5.75 Å². The summed E-state index contributed by atoms with van der Waals surface area (Å²) in [4.78, 5) is 0. The predicted octanol–water partition coefficient (Wildman–Crippen LogP) is 3.57. The summed E-state index contributed by atoms with van der Waals surface area (Å²) in [5, 5.41) is -0.397. The second kappa shape index (κ2) is 11.6. The topological polar surface area (TPSA) is 92.3 Å². The molecule has 1 aliphatic rings. The second-order valence-electron chi connectivity index (χ2n) is 8.99. The number of nitrogens with one attached hydrogen (secondary N) is 2. The fourth-order valence-electron chi connectivity index (χ4n) is 4.12. The molecule has 1 aromatic rings. The van der Waals surface area contributed by atoms with Gasteiger partial charge in [0.15, 0.2) is 0 Å². The van der Waals surface area contributed by atoms with Gasteiger partial charge in [-0.25, -0.2) is 26.3 Å². The summed E-state index contributed by atoms with van der Waals surface area (Å²) in [6.45, 7) is 9.91. The van der Waals surface area contributed by atoms with Gasteiger partial charge in [0, 0.05) is 13.1 Å². The van der Waals surface area contributed by atoms with Gasteiger partial charge in [-0.2, -0.15) is 0 Å². The third-order valence-electron chi connectivity index (χ3n) is 6.33. The normalized spacial score (nSPS) is 21.2. The van der Waals surface area contributed by atoms with Gasteiger partial charge in [-0.3, -0.25) is 0 Å². The average Bonchev–Trinajstić information content (AvgIpc) is 2.72. The van der Waals surface area contributed by atoms with Crippen molar-refractivity contribution in [3.8, 4) is 0 Å². The number of benzene rings is 1. The molecule has 0 saturated heterocycles. The van der Waals surface area contributed by atoms with Crippen LogP contribution in [0.2, 0.25) is 0 Å². The van der Waals surface area contributed by atoms with Crippen LogP contribution in [0.5, 0.6) is 0 Å². The van der Waals surface area contributed by atoms with E-state index in [0.717, 1.165) is 31.2 Å². The zero-order valence-corrected chi connectivity index (χ0v) is 20.6. The Balaban J connectivity index is 1.79. The van der Waals surface area contributed by atoms with Crippen molar-refractivity contribution < 1.29 is 16.8 Å². The molecule has 2 rings (SSSR count). The zero-order chi connectivity index (χ0) is 23.1. The third-order valence-corrected chi connectivity index (χ3v) is 9.46. The smallest absolute Gasteiger partial charge is 0.215 e. The standard InChI is InChI=1S/C23H38N2O4S2/c1-5-16-30(26,27)24-15-14-20-6-8-22(9-7-20)23-12-10-21(11-13-23)19(4)17-25-31(28,29)18(2)3/h5-9,18-19,21,23-25H,1,10-17H2,2-4H3. The van der Waals surface area contributed by atoms with E-state index in [1.54, 1.807) is 13.8 Å². The zero-order valence-electron chi connectivity index (χ0n) is 19.0. The lowest BCUT2D eigenvalue weighted by molar-refractivity contribution is 0.246. The molecular formula is C23H38N2O4S2. The molecule has 176 valence electrons. The van der Waals surface area contributed by atoms with Crippen LogP contribution in [0.15, 0.2) is 36.9 Å². The van der Waals surface area contributed by atoms with E-state index in [9.17, 15) is 16.8 Å². The summed E-state index contributed by atoms with van der Waals surface area (Å²) in [5.74, 6) is 1.36. The molecule has 1 fully saturated rings. The Labute approximate surface area is 189 Å². The maximum Gasteiger partial charge on any atom is 0.215 e. The van der Waals surface area contributed by atoms with Gasteiger partial charge >= 0.3 is 0 Å². The van der Waals surface area contributed by atoms with Gasteiger partial charge in [0.25, 0.3) is 0 Å². The molecule has 31 heavy (non-hydrogen) atoms. The highest BCUT2D eigenvalue weighted by molar-refractivity contribution is 7.90. The van der Waals surface area contributed by atoms with E-state index in [0.29, 0.717) is 37.3 Å². The van der Waals surface area contributed by atoms with Gasteiger partial charge in [-0.05, 0) is 74.8 Å². The highest BCUT2D eigenvalue weighted by Crippen LogP contribution is 2.38. The molecule has 0 radical (unpaired) electrons. The third kappa shape index (κ3) is 8.33. The highest BCUT2D eigenvalue weighted by atomic mass is 32.2. The first-order valence-electron chi connectivity index (χ1n) is 11.2. The largest absolute Gasteiger partial charge is 0.215 e. The summed E-state index contributed by atoms with van der Waals surface area (Å²) in [7, 11) is -6.46. The number of hydrogen-bond acceptors (Lipinski definition) is 4. The minimum absolute atomic E-state index is 0.0587. The summed E-state index contributed by atoms with van der Waals surface area (Å²) >= 11 is 0. The van der Waals surface area contributed by atoms with Crippen molar-refractivity contribution in [2.45, 2.75) is 64.0 Å². The average molecular weight is 471 g/mol. The fourth-order valence-corrected chi connectivity index (χ4v) is 5.79. The predicted molar refractivity (Wildman–Crippen MR) is 128 cm³/mol. The molecule has 2 N–H and O–H groups in total. The SMILES string of the molecule is C=CCS(=O)(=O)NCCc1ccc(C2CCC(C(C)CNS(=O)(=O)C(C)C)CC2)cc1. The van der Waals surface area contributed by atoms with Gasteiger partial charge in [-0.1, -0.05) is 37.3 Å². The van der Waals surface area contributed by atoms with Crippen molar-refractivity contribution in [3.05, 3.63) is 48.0 Å². The van der Waals surface area contributed by atoms with Crippen LogP contribution in [0.3, 0.4) is 0 Å². The highest BCUT2D eigenvalue weighted by Gasteiger charge is 2.27. The molecular weight excluding hydrogens is 432 g/mol. The molecule has 0 aromatic heterocycles. The molecule has 0 bridgehead atoms. The van der Waals surface area contributed by atoms with Crippen molar-refractivity contribution in [3.63, 3.8) is 0 Å². The Morgan fingerprint density at radius 3 is 2.16 bits per heavy atom. The fraction of sp³-hybridized carbons (Fsp3) is 0.652. The molecule has 8 heteroatoms. The molecule has 0 heterocycles. The second-order valence-corrected chi connectivity index (χ2v) is 13.2. The Bertz CT molecular complexity index is 901. The van der Waals surface area contributed by atoms with Crippen molar-refractivity contribution >= 4 is 20.0 Å². The van der Waals surface area contributed by atoms with E-state index in [4.69, 9.17) is 0 Å². The summed E-state index contributed by atoms with van der Waals surface area (Å²) in [6.07, 6.45) is 6.51. The molecule has 0 aliphatic heterocycles. The molecule has 1 aliphatic carbocycles. The van der Waals surface area contributed by atoms with Crippen LogP contribution < -0.4 is 9.44 Å². The molecule has 6 nitrogen and oxygen atoms in total. The quantitative estimate of drug-likeness (QED) is 0.457. The Morgan fingerprint density at radius 1 is 1.00 bits per heavy atom. The van der Waals surface area contributed by atoms with Crippen LogP contribution in [-0.2, 0) is 26.5 Å². The van der Waals surface area contributed by atoms with Crippen molar-refractivity contribution in [2.24, 2.45) is 11.8 Å². The molecule has 1 saturated carbocycles. The van der Waals surface area contributed by atoms with Gasteiger partial charge in [-0.15, -0.1) is 6.58 Å². The van der Waals surface area contributed by atoms with Crippen molar-refractivity contribution in [2.75, 3.05) is 18.8 Å². The molecule has 0 spiro atoms. The van der Waals surface area contributed by atoms with Gasteiger partial charge in [0.05, 0.1) is 11.0 Å². The summed E-state index contributed by atoms with van der Waals surface area (Å²) < 4.78 is 52.6. The van der Waals surface area contributed by atoms with E-state index >= 15 is 0 Å². The minimum atomic E-state index is -3.26. The first kappa shape index (κ1) is 26.0. The van der Waals surface area contributed by atoms with Crippen LogP contribution in [0.25, 0.3) is 0 Å². The van der Waals surface area contributed by atoms with Gasteiger partial charge in [0.2, 0.25) is 20.0 Å². The van der Waals surface area contributed by atoms with Crippen LogP contribution >= 0.6 is 0 Å². The maximum absolute atomic E-state index is 12.0. The van der Waals surface area contributed by atoms with E-state index < -0.39 is 25.3 Å². The maximum atomic E-state index is 12.0. The summed E-state index contributed by atoms with van der Waals surface area (Å²) in [5.41, 5.74) is 2.45. The number of sulfonamides is 2. The van der Waals surface area contributed by atoms with Crippen LogP contribution in [0, 0.1) is 11.8 Å². The Kier molecular flexibility index (Phi) is 9.73. The van der Waals surface area contributed by atoms with Gasteiger partial charge < -0.3 is 0 Å². The lowest BCUT2D eigenvalue weighted by atomic mass is 9.74. The number of hydrogen-bond donors (Lipinski definition) is 2. The Hall–Kier alpha value is -1.22. The monoisotopic (exact) mass is 470 g/mol. The van der Waals surface area contributed by atoms with E-state index in [2.05, 4.69) is 47.2 Å². The first-order valence-corrected chi connectivity index (χ1v) is 14.4. The van der Waals surface area contributed by atoms with Crippen molar-refractivity contribution in [1.82, 2.24) is 9.44 Å². The van der Waals surface area contributed by atoms with Gasteiger partial charge in [0.1, 0.15) is 0 Å². The lowest BCUT2D eigenvalue weighted by Crippen LogP contribution is -2.36. The van der Waals surface area contributed by atoms with Crippen LogP contribution in [0.1, 0.15) is 63.5 Å². The molecule has 1 unspecified atom stereocenters. The molecule has 1 aromatic carbocycles. The summed E-state index contributed by atoms with van der Waals surface area (Å²) in [6, 6.07) is 8.51. The van der Waals surface area contributed by atoms with Crippen molar-refractivity contribution in [1.29, 1.82) is 0 Å². The number of rotatable bonds is 12. The molecule has 0 amide bonds. The Morgan fingerprint density at radius 2 is 1.61 bits per heavy atom. The van der Waals surface area contributed by atoms with Crippen LogP contribution in [-0.4, -0.2) is 40.9 Å². The first-order chi connectivity index (χ1) is 14.5. The van der Waals surface area contributed by atoms with E-state index in [1.807, 2.05) is 0 Å². The van der Waals surface area contributed by atoms with E-state index in [1.165, 1.54) is 11.6 Å². The molecule has 1 atom stereocenters. The lowest BCUT2D eigenvalue weighted by Gasteiger charge is -2.32.